The predicted molar refractivity (Wildman–Crippen MR) is 35.8 cm³/mol. The standard InChI is InChI=1S/C5H8Cl2O2/c1-5(4(6)7)2-8-3-9-5/h4H,2-3H2,1H3. The minimum Gasteiger partial charge on any atom is -0.352 e. The van der Waals surface area contributed by atoms with Crippen LogP contribution in [-0.2, 0) is 9.47 Å². The average Bonchev–Trinajstić information content (AvgIpc) is 2.16. The molecule has 1 fully saturated rings. The molecule has 1 unspecified atom stereocenters. The van der Waals surface area contributed by atoms with E-state index in [1.165, 1.54) is 0 Å². The molecule has 1 aliphatic rings. The number of ether oxygens (including phenoxy) is 2. The van der Waals surface area contributed by atoms with Crippen LogP contribution in [0.15, 0.2) is 0 Å². The molecule has 0 aromatic heterocycles. The molecular formula is C5H8Cl2O2. The van der Waals surface area contributed by atoms with E-state index >= 15 is 0 Å². The molecule has 0 aromatic carbocycles. The summed E-state index contributed by atoms with van der Waals surface area (Å²) in [6, 6.07) is 0. The number of halogens is 2. The van der Waals surface area contributed by atoms with E-state index in [2.05, 4.69) is 0 Å². The van der Waals surface area contributed by atoms with Crippen molar-refractivity contribution < 1.29 is 9.47 Å². The Morgan fingerprint density at radius 2 is 2.22 bits per heavy atom. The number of rotatable bonds is 1. The van der Waals surface area contributed by atoms with E-state index in [-0.39, 0.29) is 0 Å². The van der Waals surface area contributed by atoms with Gasteiger partial charge in [0, 0.05) is 0 Å². The van der Waals surface area contributed by atoms with Gasteiger partial charge in [-0.15, -0.1) is 23.2 Å². The van der Waals surface area contributed by atoms with Gasteiger partial charge in [-0.3, -0.25) is 0 Å². The quantitative estimate of drug-likeness (QED) is 0.557. The lowest BCUT2D eigenvalue weighted by atomic mass is 10.1. The van der Waals surface area contributed by atoms with Crippen LogP contribution in [0.25, 0.3) is 0 Å². The molecule has 1 rings (SSSR count). The molecular weight excluding hydrogens is 163 g/mol. The molecule has 1 aliphatic heterocycles. The Bertz CT molecular complexity index is 99.1. The van der Waals surface area contributed by atoms with Gasteiger partial charge in [0.05, 0.1) is 6.61 Å². The van der Waals surface area contributed by atoms with Crippen LogP contribution in [0.1, 0.15) is 6.92 Å². The Hall–Kier alpha value is 0.500. The molecule has 9 heavy (non-hydrogen) atoms. The minimum atomic E-state index is -0.514. The zero-order chi connectivity index (χ0) is 6.91. The molecule has 4 heteroatoms. The van der Waals surface area contributed by atoms with Gasteiger partial charge in [-0.2, -0.15) is 0 Å². The van der Waals surface area contributed by atoms with Crippen molar-refractivity contribution in [2.45, 2.75) is 17.4 Å². The molecule has 54 valence electrons. The predicted octanol–water partition coefficient (Wildman–Crippen LogP) is 1.55. The third kappa shape index (κ3) is 1.49. The second-order valence-electron chi connectivity index (χ2n) is 2.22. The summed E-state index contributed by atoms with van der Waals surface area (Å²) in [5, 5.41) is 0. The minimum absolute atomic E-state index is 0.298. The first-order chi connectivity index (χ1) is 4.15. The van der Waals surface area contributed by atoms with Crippen LogP contribution in [0, 0.1) is 0 Å². The van der Waals surface area contributed by atoms with Gasteiger partial charge in [0.1, 0.15) is 17.2 Å². The highest BCUT2D eigenvalue weighted by atomic mass is 35.5. The van der Waals surface area contributed by atoms with E-state index in [4.69, 9.17) is 32.7 Å². The van der Waals surface area contributed by atoms with E-state index in [1.807, 2.05) is 6.92 Å². The molecule has 1 saturated heterocycles. The maximum absolute atomic E-state index is 5.59. The number of hydrogen-bond acceptors (Lipinski definition) is 2. The van der Waals surface area contributed by atoms with Crippen LogP contribution in [-0.4, -0.2) is 23.8 Å². The first-order valence-electron chi connectivity index (χ1n) is 2.65. The van der Waals surface area contributed by atoms with Crippen molar-refractivity contribution in [2.24, 2.45) is 0 Å². The lowest BCUT2D eigenvalue weighted by molar-refractivity contribution is 0.00926. The van der Waals surface area contributed by atoms with Gasteiger partial charge in [0.25, 0.3) is 0 Å². The number of hydrogen-bond donors (Lipinski definition) is 0. The Kier molecular flexibility index (Phi) is 2.22. The molecule has 0 radical (unpaired) electrons. The fraction of sp³-hybridized carbons (Fsp3) is 1.00. The summed E-state index contributed by atoms with van der Waals surface area (Å²) in [6.07, 6.45) is 0. The lowest BCUT2D eigenvalue weighted by Gasteiger charge is -2.21. The topological polar surface area (TPSA) is 18.5 Å². The summed E-state index contributed by atoms with van der Waals surface area (Å²) in [5.74, 6) is 0. The van der Waals surface area contributed by atoms with E-state index in [1.54, 1.807) is 0 Å². The molecule has 0 N–H and O–H groups in total. The van der Waals surface area contributed by atoms with Crippen LogP contribution in [0.2, 0.25) is 0 Å². The largest absolute Gasteiger partial charge is 0.352 e. The highest BCUT2D eigenvalue weighted by molar-refractivity contribution is 6.45. The van der Waals surface area contributed by atoms with Crippen molar-refractivity contribution in [1.82, 2.24) is 0 Å². The van der Waals surface area contributed by atoms with Gasteiger partial charge in [0.15, 0.2) is 0 Å². The number of alkyl halides is 2. The summed E-state index contributed by atoms with van der Waals surface area (Å²) in [5.41, 5.74) is -0.497. The van der Waals surface area contributed by atoms with Crippen LogP contribution in [0.5, 0.6) is 0 Å². The highest BCUT2D eigenvalue weighted by Gasteiger charge is 2.37. The van der Waals surface area contributed by atoms with Crippen molar-refractivity contribution in [3.05, 3.63) is 0 Å². The molecule has 1 heterocycles. The van der Waals surface area contributed by atoms with Gasteiger partial charge in [-0.1, -0.05) is 0 Å². The summed E-state index contributed by atoms with van der Waals surface area (Å²) in [4.78, 5) is -0.514. The van der Waals surface area contributed by atoms with Gasteiger partial charge >= 0.3 is 0 Å². The Labute approximate surface area is 64.0 Å². The molecule has 0 bridgehead atoms. The maximum atomic E-state index is 5.59. The van der Waals surface area contributed by atoms with Gasteiger partial charge in [-0.25, -0.2) is 0 Å². The van der Waals surface area contributed by atoms with E-state index < -0.39 is 10.4 Å². The Balaban J connectivity index is 2.51. The Morgan fingerprint density at radius 1 is 1.56 bits per heavy atom. The highest BCUT2D eigenvalue weighted by Crippen LogP contribution is 2.28. The van der Waals surface area contributed by atoms with Crippen LogP contribution >= 0.6 is 23.2 Å². The maximum Gasteiger partial charge on any atom is 0.147 e. The zero-order valence-corrected chi connectivity index (χ0v) is 6.58. The third-order valence-electron chi connectivity index (χ3n) is 1.32. The Morgan fingerprint density at radius 3 is 2.44 bits per heavy atom. The molecule has 0 amide bonds. The van der Waals surface area contributed by atoms with Crippen molar-refractivity contribution >= 4 is 23.2 Å². The van der Waals surface area contributed by atoms with E-state index in [0.717, 1.165) is 0 Å². The smallest absolute Gasteiger partial charge is 0.147 e. The van der Waals surface area contributed by atoms with Crippen molar-refractivity contribution in [3.63, 3.8) is 0 Å². The average molecular weight is 171 g/mol. The van der Waals surface area contributed by atoms with Gasteiger partial charge in [-0.05, 0) is 6.92 Å². The monoisotopic (exact) mass is 170 g/mol. The molecule has 0 aliphatic carbocycles. The molecule has 1 atom stereocenters. The first kappa shape index (κ1) is 7.61. The van der Waals surface area contributed by atoms with Crippen LogP contribution in [0.4, 0.5) is 0 Å². The van der Waals surface area contributed by atoms with Gasteiger partial charge < -0.3 is 9.47 Å². The van der Waals surface area contributed by atoms with E-state index in [9.17, 15) is 0 Å². The van der Waals surface area contributed by atoms with Crippen molar-refractivity contribution in [3.8, 4) is 0 Å². The molecule has 0 saturated carbocycles. The fourth-order valence-electron chi connectivity index (χ4n) is 0.588. The summed E-state index contributed by atoms with van der Waals surface area (Å²) < 4.78 is 10.0. The summed E-state index contributed by atoms with van der Waals surface area (Å²) in [6.45, 7) is 2.60. The lowest BCUT2D eigenvalue weighted by Crippen LogP contribution is -2.34. The van der Waals surface area contributed by atoms with Gasteiger partial charge in [0.2, 0.25) is 0 Å². The van der Waals surface area contributed by atoms with E-state index in [0.29, 0.717) is 13.4 Å². The second kappa shape index (κ2) is 2.62. The summed E-state index contributed by atoms with van der Waals surface area (Å²) in [7, 11) is 0. The van der Waals surface area contributed by atoms with Crippen molar-refractivity contribution in [1.29, 1.82) is 0 Å². The summed E-state index contributed by atoms with van der Waals surface area (Å²) >= 11 is 11.2. The van der Waals surface area contributed by atoms with Crippen LogP contribution in [0.3, 0.4) is 0 Å². The molecule has 0 spiro atoms. The van der Waals surface area contributed by atoms with Crippen molar-refractivity contribution in [2.75, 3.05) is 13.4 Å². The normalized spacial score (nSPS) is 36.0. The second-order valence-corrected chi connectivity index (χ2v) is 3.32. The molecule has 2 nitrogen and oxygen atoms in total. The fourth-order valence-corrected chi connectivity index (χ4v) is 0.840. The molecule has 0 aromatic rings. The third-order valence-corrected chi connectivity index (χ3v) is 2.25. The van der Waals surface area contributed by atoms with Crippen LogP contribution < -0.4 is 0 Å². The first-order valence-corrected chi connectivity index (χ1v) is 3.52. The SMILES string of the molecule is CC1(C(Cl)Cl)COCO1. The zero-order valence-electron chi connectivity index (χ0n) is 5.06.